The molecule has 1 aliphatic heterocycles. The number of nitrogens with zero attached hydrogens (tertiary/aromatic N) is 4. The highest BCUT2D eigenvalue weighted by molar-refractivity contribution is 7.99. The van der Waals surface area contributed by atoms with Crippen molar-refractivity contribution < 1.29 is 4.79 Å². The van der Waals surface area contributed by atoms with Gasteiger partial charge in [0.25, 0.3) is 0 Å². The van der Waals surface area contributed by atoms with Gasteiger partial charge in [0.2, 0.25) is 5.91 Å². The van der Waals surface area contributed by atoms with Gasteiger partial charge in [-0.2, -0.15) is 0 Å². The zero-order valence-electron chi connectivity index (χ0n) is 19.4. The van der Waals surface area contributed by atoms with E-state index in [0.717, 1.165) is 46.2 Å². The number of carbonyl (C=O) groups excluding carboxylic acids is 1. The van der Waals surface area contributed by atoms with Crippen molar-refractivity contribution in [2.45, 2.75) is 37.4 Å². The molecule has 6 nitrogen and oxygen atoms in total. The number of thioether (sulfide) groups is 1. The molecular formula is C27H29N5OS. The summed E-state index contributed by atoms with van der Waals surface area (Å²) in [7, 11) is 0. The molecule has 1 atom stereocenters. The number of fused-ring (bicyclic) bond motifs is 1. The lowest BCUT2D eigenvalue weighted by atomic mass is 10.1. The Balaban J connectivity index is 1.36. The van der Waals surface area contributed by atoms with Gasteiger partial charge in [0.05, 0.1) is 11.8 Å². The van der Waals surface area contributed by atoms with E-state index in [9.17, 15) is 4.79 Å². The molecule has 2 heterocycles. The lowest BCUT2D eigenvalue weighted by Gasteiger charge is -2.31. The average molecular weight is 472 g/mol. The molecule has 34 heavy (non-hydrogen) atoms. The Kier molecular flexibility index (Phi) is 6.92. The summed E-state index contributed by atoms with van der Waals surface area (Å²) in [6.07, 6.45) is 3.74. The summed E-state index contributed by atoms with van der Waals surface area (Å²) in [5.74, 6) is 1.12. The van der Waals surface area contributed by atoms with E-state index in [1.165, 1.54) is 31.0 Å². The number of anilines is 1. The Labute approximate surface area is 204 Å². The van der Waals surface area contributed by atoms with E-state index in [1.54, 1.807) is 0 Å². The molecular weight excluding hydrogens is 442 g/mol. The number of hydrogen-bond donors (Lipinski definition) is 1. The van der Waals surface area contributed by atoms with Crippen LogP contribution < -0.4 is 5.32 Å². The van der Waals surface area contributed by atoms with Crippen molar-refractivity contribution in [2.75, 3.05) is 24.2 Å². The zero-order valence-corrected chi connectivity index (χ0v) is 20.2. The third-order valence-corrected chi connectivity index (χ3v) is 7.31. The maximum atomic E-state index is 12.9. The van der Waals surface area contributed by atoms with Crippen LogP contribution >= 0.6 is 11.8 Å². The van der Waals surface area contributed by atoms with Crippen LogP contribution in [0.2, 0.25) is 0 Å². The molecule has 0 radical (unpaired) electrons. The van der Waals surface area contributed by atoms with Crippen LogP contribution in [0, 0.1) is 0 Å². The smallest absolute Gasteiger partial charge is 0.234 e. The summed E-state index contributed by atoms with van der Waals surface area (Å²) in [5, 5.41) is 15.0. The van der Waals surface area contributed by atoms with Gasteiger partial charge in [-0.15, -0.1) is 10.2 Å². The molecule has 1 aliphatic rings. The molecule has 1 aromatic heterocycles. The van der Waals surface area contributed by atoms with Crippen LogP contribution in [-0.4, -0.2) is 44.4 Å². The van der Waals surface area contributed by atoms with Crippen LogP contribution in [0.1, 0.15) is 38.1 Å². The van der Waals surface area contributed by atoms with Crippen LogP contribution in [0.5, 0.6) is 0 Å². The molecule has 1 N–H and O–H groups in total. The van der Waals surface area contributed by atoms with Crippen molar-refractivity contribution in [1.82, 2.24) is 19.7 Å². The number of piperidine rings is 1. The summed E-state index contributed by atoms with van der Waals surface area (Å²) in [4.78, 5) is 15.3. The fraction of sp³-hybridized carbons (Fsp3) is 0.296. The molecule has 1 amide bonds. The average Bonchev–Trinajstić information content (AvgIpc) is 3.32. The summed E-state index contributed by atoms with van der Waals surface area (Å²) in [6.45, 7) is 4.37. The number of amides is 1. The largest absolute Gasteiger partial charge is 0.325 e. The maximum Gasteiger partial charge on any atom is 0.234 e. The van der Waals surface area contributed by atoms with Gasteiger partial charge in [-0.25, -0.2) is 0 Å². The predicted molar refractivity (Wildman–Crippen MR) is 138 cm³/mol. The van der Waals surface area contributed by atoms with E-state index < -0.39 is 0 Å². The lowest BCUT2D eigenvalue weighted by Crippen LogP contribution is -2.33. The summed E-state index contributed by atoms with van der Waals surface area (Å²) >= 11 is 1.42. The highest BCUT2D eigenvalue weighted by atomic mass is 32.2. The monoisotopic (exact) mass is 471 g/mol. The summed E-state index contributed by atoms with van der Waals surface area (Å²) in [5.41, 5.74) is 1.84. The Hall–Kier alpha value is -3.16. The van der Waals surface area contributed by atoms with Crippen LogP contribution in [0.15, 0.2) is 78.0 Å². The van der Waals surface area contributed by atoms with Crippen molar-refractivity contribution in [3.8, 4) is 5.69 Å². The molecule has 1 fully saturated rings. The Morgan fingerprint density at radius 1 is 0.941 bits per heavy atom. The second kappa shape index (κ2) is 10.4. The Morgan fingerprint density at radius 3 is 2.50 bits per heavy atom. The highest BCUT2D eigenvalue weighted by Gasteiger charge is 2.25. The molecule has 3 aromatic carbocycles. The molecule has 0 unspecified atom stereocenters. The van der Waals surface area contributed by atoms with Crippen LogP contribution in [0.4, 0.5) is 5.69 Å². The number of benzene rings is 3. The maximum absolute atomic E-state index is 12.9. The van der Waals surface area contributed by atoms with Gasteiger partial charge in [0.1, 0.15) is 0 Å². The van der Waals surface area contributed by atoms with E-state index in [1.807, 2.05) is 60.7 Å². The molecule has 0 spiro atoms. The first kappa shape index (κ1) is 22.6. The number of rotatable bonds is 7. The number of nitrogens with one attached hydrogen (secondary N) is 1. The van der Waals surface area contributed by atoms with Crippen molar-refractivity contribution in [1.29, 1.82) is 0 Å². The first-order chi connectivity index (χ1) is 16.7. The number of likely N-dealkylation sites (tertiary alicyclic amines) is 1. The third kappa shape index (κ3) is 4.86. The molecule has 0 aliphatic carbocycles. The predicted octanol–water partition coefficient (Wildman–Crippen LogP) is 5.70. The fourth-order valence-electron chi connectivity index (χ4n) is 4.58. The van der Waals surface area contributed by atoms with Crippen LogP contribution in [0.3, 0.4) is 0 Å². The number of carbonyl (C=O) groups is 1. The molecule has 0 bridgehead atoms. The second-order valence-corrected chi connectivity index (χ2v) is 9.59. The normalized spacial score (nSPS) is 15.3. The van der Waals surface area contributed by atoms with E-state index >= 15 is 0 Å². The van der Waals surface area contributed by atoms with Gasteiger partial charge in [-0.1, -0.05) is 72.8 Å². The number of para-hydroxylation sites is 1. The van der Waals surface area contributed by atoms with Crippen LogP contribution in [-0.2, 0) is 4.79 Å². The van der Waals surface area contributed by atoms with Gasteiger partial charge >= 0.3 is 0 Å². The van der Waals surface area contributed by atoms with Gasteiger partial charge in [-0.05, 0) is 56.4 Å². The van der Waals surface area contributed by atoms with Gasteiger partial charge in [0.15, 0.2) is 11.0 Å². The quantitative estimate of drug-likeness (QED) is 0.351. The molecule has 7 heteroatoms. The first-order valence-corrected chi connectivity index (χ1v) is 12.8. The van der Waals surface area contributed by atoms with E-state index in [2.05, 4.69) is 44.0 Å². The Morgan fingerprint density at radius 2 is 1.68 bits per heavy atom. The minimum absolute atomic E-state index is 0.0606. The Bertz CT molecular complexity index is 1260. The number of hydrogen-bond acceptors (Lipinski definition) is 5. The molecule has 4 aromatic rings. The molecule has 5 rings (SSSR count). The minimum Gasteiger partial charge on any atom is -0.325 e. The van der Waals surface area contributed by atoms with Crippen molar-refractivity contribution in [3.63, 3.8) is 0 Å². The highest BCUT2D eigenvalue weighted by Crippen LogP contribution is 2.30. The zero-order chi connectivity index (χ0) is 23.3. The third-order valence-electron chi connectivity index (χ3n) is 6.38. The SMILES string of the molecule is C[C@@H](c1nnc(SCC(=O)Nc2cccc3ccccc23)n1-c1ccccc1)N1CCCCC1. The molecule has 0 saturated carbocycles. The van der Waals surface area contributed by atoms with Crippen molar-refractivity contribution >= 4 is 34.1 Å². The van der Waals surface area contributed by atoms with Crippen molar-refractivity contribution in [3.05, 3.63) is 78.6 Å². The summed E-state index contributed by atoms with van der Waals surface area (Å²) < 4.78 is 2.11. The lowest BCUT2D eigenvalue weighted by molar-refractivity contribution is -0.113. The molecule has 174 valence electrons. The van der Waals surface area contributed by atoms with Crippen molar-refractivity contribution in [2.24, 2.45) is 0 Å². The molecule has 1 saturated heterocycles. The second-order valence-electron chi connectivity index (χ2n) is 8.65. The van der Waals surface area contributed by atoms with E-state index in [4.69, 9.17) is 0 Å². The minimum atomic E-state index is -0.0606. The summed E-state index contributed by atoms with van der Waals surface area (Å²) in [6, 6.07) is 24.4. The van der Waals surface area contributed by atoms with Gasteiger partial charge in [-0.3, -0.25) is 14.3 Å². The van der Waals surface area contributed by atoms with Crippen LogP contribution in [0.25, 0.3) is 16.5 Å². The van der Waals surface area contributed by atoms with Gasteiger partial charge < -0.3 is 5.32 Å². The van der Waals surface area contributed by atoms with E-state index in [-0.39, 0.29) is 17.7 Å². The number of aromatic nitrogens is 3. The standard InChI is InChI=1S/C27H29N5OS/c1-20(31-17-8-3-9-18-31)26-29-30-27(32(26)22-13-4-2-5-14-22)34-19-25(33)28-24-16-10-12-21-11-6-7-15-23(21)24/h2,4-7,10-16,20H,3,8-9,17-19H2,1H3,(H,28,33)/t20-/m0/s1. The van der Waals surface area contributed by atoms with Gasteiger partial charge in [0, 0.05) is 16.8 Å². The van der Waals surface area contributed by atoms with E-state index in [0.29, 0.717) is 0 Å². The topological polar surface area (TPSA) is 63.1 Å². The fourth-order valence-corrected chi connectivity index (χ4v) is 5.34. The first-order valence-electron chi connectivity index (χ1n) is 11.9.